The van der Waals surface area contributed by atoms with Crippen LogP contribution in [0.15, 0.2) is 0 Å². The van der Waals surface area contributed by atoms with Crippen molar-refractivity contribution in [2.45, 2.75) is 95.4 Å². The number of fused-ring (bicyclic) bond motifs is 5. The van der Waals surface area contributed by atoms with Crippen molar-refractivity contribution >= 4 is 11.8 Å². The van der Waals surface area contributed by atoms with Crippen LogP contribution in [0.5, 0.6) is 0 Å². The van der Waals surface area contributed by atoms with Gasteiger partial charge in [-0.25, -0.2) is 4.79 Å². The summed E-state index contributed by atoms with van der Waals surface area (Å²) in [4.78, 5) is 24.5. The van der Waals surface area contributed by atoms with E-state index in [1.54, 1.807) is 6.92 Å². The van der Waals surface area contributed by atoms with Crippen LogP contribution in [0.2, 0.25) is 0 Å². The zero-order valence-electron chi connectivity index (χ0n) is 20.9. The Hall–Kier alpha value is -1.10. The predicted molar refractivity (Wildman–Crippen MR) is 122 cm³/mol. The SMILES string of the molecule is C[C@H]1C[C@H]2[C@@H]3C[C@H](O)[C@H]4CC5(CC[C@]4(C)[C@H]3CC[C@]2(C)[C@@]1(O)C(=O)C(O)C(O)C(=O)O)OCCO5. The Morgan fingerprint density at radius 3 is 2.23 bits per heavy atom. The van der Waals surface area contributed by atoms with E-state index >= 15 is 0 Å². The Labute approximate surface area is 205 Å². The molecule has 35 heavy (non-hydrogen) atoms. The topological polar surface area (TPSA) is 154 Å². The van der Waals surface area contributed by atoms with Gasteiger partial charge in [-0.15, -0.1) is 0 Å². The maximum absolute atomic E-state index is 13.3. The highest BCUT2D eigenvalue weighted by Crippen LogP contribution is 2.70. The molecule has 0 aromatic heterocycles. The largest absolute Gasteiger partial charge is 0.479 e. The molecule has 0 amide bonds. The number of carbonyl (C=O) groups is 2. The van der Waals surface area contributed by atoms with Gasteiger partial charge in [-0.3, -0.25) is 4.79 Å². The molecule has 9 nitrogen and oxygen atoms in total. The highest BCUT2D eigenvalue weighted by Gasteiger charge is 2.71. The van der Waals surface area contributed by atoms with E-state index in [0.717, 1.165) is 19.3 Å². The molecule has 0 radical (unpaired) electrons. The first-order chi connectivity index (χ1) is 16.3. The summed E-state index contributed by atoms with van der Waals surface area (Å²) < 4.78 is 12.0. The molecule has 5 rings (SSSR count). The zero-order valence-corrected chi connectivity index (χ0v) is 20.9. The van der Waals surface area contributed by atoms with Crippen LogP contribution in [-0.2, 0) is 19.1 Å². The smallest absolute Gasteiger partial charge is 0.335 e. The van der Waals surface area contributed by atoms with Crippen molar-refractivity contribution in [3.63, 3.8) is 0 Å². The van der Waals surface area contributed by atoms with Gasteiger partial charge in [0.25, 0.3) is 0 Å². The number of hydrogen-bond donors (Lipinski definition) is 5. The molecule has 4 aliphatic carbocycles. The molecule has 0 bridgehead atoms. The van der Waals surface area contributed by atoms with Crippen LogP contribution in [0, 0.1) is 40.4 Å². The Balaban J connectivity index is 1.44. The lowest BCUT2D eigenvalue weighted by atomic mass is 9.43. The zero-order chi connectivity index (χ0) is 25.6. The summed E-state index contributed by atoms with van der Waals surface area (Å²) in [5.41, 5.74) is -2.96. The van der Waals surface area contributed by atoms with Gasteiger partial charge in [0.2, 0.25) is 0 Å². The van der Waals surface area contributed by atoms with Crippen molar-refractivity contribution in [1.29, 1.82) is 0 Å². The fraction of sp³-hybridized carbons (Fsp3) is 0.923. The molecular formula is C26H40O9. The minimum Gasteiger partial charge on any atom is -0.479 e. The summed E-state index contributed by atoms with van der Waals surface area (Å²) in [6, 6.07) is 0. The third-order valence-electron chi connectivity index (χ3n) is 11.3. The Morgan fingerprint density at radius 2 is 1.60 bits per heavy atom. The summed E-state index contributed by atoms with van der Waals surface area (Å²) in [5, 5.41) is 52.6. The number of carbonyl (C=O) groups excluding carboxylic acids is 1. The number of rotatable bonds is 4. The van der Waals surface area contributed by atoms with Gasteiger partial charge in [0.1, 0.15) is 5.60 Å². The lowest BCUT2D eigenvalue weighted by molar-refractivity contribution is -0.251. The van der Waals surface area contributed by atoms with Gasteiger partial charge in [-0.2, -0.15) is 0 Å². The molecule has 198 valence electrons. The molecule has 5 fully saturated rings. The van der Waals surface area contributed by atoms with Crippen LogP contribution in [0.4, 0.5) is 0 Å². The van der Waals surface area contributed by atoms with E-state index in [-0.39, 0.29) is 23.2 Å². The molecular weight excluding hydrogens is 456 g/mol. The van der Waals surface area contributed by atoms with E-state index in [9.17, 15) is 30.0 Å². The number of aliphatic carboxylic acids is 1. The molecule has 1 aliphatic heterocycles. The standard InChI is InChI=1S/C26H40O9/c1-13-10-16-14-11-18(27)17-12-25(34-8-9-35-25)7-6-23(17,2)15(14)4-5-24(16,3)26(13,33)21(30)19(28)20(29)22(31)32/h13-20,27-29,33H,4-12H2,1-3H3,(H,31,32)/t13-,14+,15-,16-,17+,18-,19?,20?,23+,24-,26-/m0/s1. The summed E-state index contributed by atoms with van der Waals surface area (Å²) >= 11 is 0. The van der Waals surface area contributed by atoms with Gasteiger partial charge < -0.3 is 35.0 Å². The van der Waals surface area contributed by atoms with E-state index in [2.05, 4.69) is 6.92 Å². The monoisotopic (exact) mass is 496 g/mol. The molecule has 1 spiro atoms. The van der Waals surface area contributed by atoms with Crippen LogP contribution in [0.25, 0.3) is 0 Å². The summed E-state index contributed by atoms with van der Waals surface area (Å²) in [6.45, 7) is 7.06. The van der Waals surface area contributed by atoms with Crippen LogP contribution >= 0.6 is 0 Å². The first-order valence-corrected chi connectivity index (χ1v) is 13.1. The summed E-state index contributed by atoms with van der Waals surface area (Å²) in [6.07, 6.45) is -0.267. The number of aliphatic hydroxyl groups is 4. The summed E-state index contributed by atoms with van der Waals surface area (Å²) in [7, 11) is 0. The van der Waals surface area contributed by atoms with E-state index < -0.39 is 52.8 Å². The van der Waals surface area contributed by atoms with E-state index in [1.165, 1.54) is 0 Å². The molecule has 5 aliphatic rings. The number of ether oxygens (including phenoxy) is 2. The molecule has 5 N–H and O–H groups in total. The maximum Gasteiger partial charge on any atom is 0.335 e. The number of carboxylic acid groups (broad SMARTS) is 1. The third-order valence-corrected chi connectivity index (χ3v) is 11.3. The third kappa shape index (κ3) is 3.35. The Kier molecular flexibility index (Phi) is 5.98. The predicted octanol–water partition coefficient (Wildman–Crippen LogP) is 1.10. The molecule has 1 saturated heterocycles. The first-order valence-electron chi connectivity index (χ1n) is 13.1. The quantitative estimate of drug-likeness (QED) is 0.385. The van der Waals surface area contributed by atoms with Crippen LogP contribution < -0.4 is 0 Å². The fourth-order valence-electron chi connectivity index (χ4n) is 9.36. The van der Waals surface area contributed by atoms with Gasteiger partial charge in [0.05, 0.1) is 19.3 Å². The van der Waals surface area contributed by atoms with E-state index in [0.29, 0.717) is 44.8 Å². The van der Waals surface area contributed by atoms with E-state index in [4.69, 9.17) is 14.6 Å². The normalized spacial score (nSPS) is 50.1. The number of Topliss-reactive ketones (excluding diaryl/α,β-unsaturated/α-hetero) is 1. The second-order valence-electron chi connectivity index (χ2n) is 12.6. The molecule has 2 unspecified atom stereocenters. The Bertz CT molecular complexity index is 886. The molecule has 0 aromatic carbocycles. The number of carboxylic acids is 1. The average Bonchev–Trinajstić information content (AvgIpc) is 3.35. The maximum atomic E-state index is 13.3. The van der Waals surface area contributed by atoms with Crippen molar-refractivity contribution < 1.29 is 44.6 Å². The lowest BCUT2D eigenvalue weighted by Crippen LogP contribution is -2.64. The molecule has 1 heterocycles. The minimum atomic E-state index is -2.29. The molecule has 0 aromatic rings. The van der Waals surface area contributed by atoms with Gasteiger partial charge >= 0.3 is 5.97 Å². The van der Waals surface area contributed by atoms with Gasteiger partial charge in [-0.05, 0) is 67.1 Å². The first kappa shape index (κ1) is 25.5. The number of hydrogen-bond acceptors (Lipinski definition) is 8. The highest BCUT2D eigenvalue weighted by atomic mass is 16.7. The minimum absolute atomic E-state index is 0.0480. The van der Waals surface area contributed by atoms with Gasteiger partial charge in [0, 0.05) is 18.3 Å². The van der Waals surface area contributed by atoms with Crippen LogP contribution in [-0.4, -0.2) is 80.2 Å². The fourth-order valence-corrected chi connectivity index (χ4v) is 9.36. The second kappa shape index (κ2) is 8.20. The van der Waals surface area contributed by atoms with Crippen LogP contribution in [0.3, 0.4) is 0 Å². The van der Waals surface area contributed by atoms with E-state index in [1.807, 2.05) is 6.92 Å². The van der Waals surface area contributed by atoms with Crippen molar-refractivity contribution in [2.75, 3.05) is 13.2 Å². The summed E-state index contributed by atoms with van der Waals surface area (Å²) in [5.74, 6) is -3.44. The average molecular weight is 497 g/mol. The number of aliphatic hydroxyl groups excluding tert-OH is 3. The van der Waals surface area contributed by atoms with Crippen molar-refractivity contribution in [2.24, 2.45) is 40.4 Å². The van der Waals surface area contributed by atoms with Gasteiger partial charge in [-0.1, -0.05) is 20.8 Å². The Morgan fingerprint density at radius 1 is 0.943 bits per heavy atom. The number of ketones is 1. The van der Waals surface area contributed by atoms with Crippen molar-refractivity contribution in [3.05, 3.63) is 0 Å². The molecule has 9 heteroatoms. The second-order valence-corrected chi connectivity index (χ2v) is 12.6. The van der Waals surface area contributed by atoms with Crippen molar-refractivity contribution in [3.8, 4) is 0 Å². The van der Waals surface area contributed by atoms with Crippen LogP contribution in [0.1, 0.15) is 65.7 Å². The highest BCUT2D eigenvalue weighted by molar-refractivity contribution is 5.96. The molecule has 11 atom stereocenters. The lowest BCUT2D eigenvalue weighted by Gasteiger charge is -2.63. The van der Waals surface area contributed by atoms with Gasteiger partial charge in [0.15, 0.2) is 23.8 Å². The molecule has 4 saturated carbocycles. The van der Waals surface area contributed by atoms with Crippen molar-refractivity contribution in [1.82, 2.24) is 0 Å².